The molecule has 0 saturated heterocycles. The second-order valence-electron chi connectivity index (χ2n) is 5.98. The molecule has 1 heterocycles. The van der Waals surface area contributed by atoms with Gasteiger partial charge in [0.05, 0.1) is 11.7 Å². The molecule has 1 unspecified atom stereocenters. The topological polar surface area (TPSA) is 64.0 Å². The number of nitrogens with one attached hydrogen (secondary N) is 1. The smallest absolute Gasteiger partial charge is 0.226 e. The van der Waals surface area contributed by atoms with Gasteiger partial charge in [0.15, 0.2) is 5.78 Å². The van der Waals surface area contributed by atoms with E-state index in [0.29, 0.717) is 17.7 Å². The highest BCUT2D eigenvalue weighted by Gasteiger charge is 2.16. The Labute approximate surface area is 136 Å². The first-order chi connectivity index (χ1) is 10.8. The van der Waals surface area contributed by atoms with Crippen LogP contribution in [0.15, 0.2) is 24.3 Å². The number of ketones is 1. The third kappa shape index (κ3) is 3.86. The van der Waals surface area contributed by atoms with E-state index < -0.39 is 0 Å². The van der Waals surface area contributed by atoms with Gasteiger partial charge in [0.1, 0.15) is 0 Å². The number of aryl methyl sites for hydroxylation is 1. The molecule has 2 rings (SSSR count). The van der Waals surface area contributed by atoms with Crippen molar-refractivity contribution in [1.82, 2.24) is 9.78 Å². The quantitative estimate of drug-likeness (QED) is 0.858. The maximum absolute atomic E-state index is 12.2. The molecular formula is C18H23N3O2. The third-order valence-electron chi connectivity index (χ3n) is 4.16. The lowest BCUT2D eigenvalue weighted by Crippen LogP contribution is -2.19. The molecule has 122 valence electrons. The van der Waals surface area contributed by atoms with Crippen LogP contribution in [0.1, 0.15) is 53.6 Å². The lowest BCUT2D eigenvalue weighted by molar-refractivity contribution is -0.116. The molecule has 0 spiro atoms. The van der Waals surface area contributed by atoms with Crippen molar-refractivity contribution < 1.29 is 9.59 Å². The number of hydrogen-bond acceptors (Lipinski definition) is 3. The maximum atomic E-state index is 12.2. The number of nitrogens with zero attached hydrogens (tertiary/aromatic N) is 2. The number of anilines is 1. The van der Waals surface area contributed by atoms with Crippen molar-refractivity contribution >= 4 is 17.4 Å². The number of benzene rings is 1. The summed E-state index contributed by atoms with van der Waals surface area (Å²) in [6, 6.07) is 6.90. The van der Waals surface area contributed by atoms with Crippen molar-refractivity contribution in [2.75, 3.05) is 5.32 Å². The summed E-state index contributed by atoms with van der Waals surface area (Å²) in [6.07, 6.45) is 0.343. The van der Waals surface area contributed by atoms with Crippen LogP contribution < -0.4 is 5.32 Å². The van der Waals surface area contributed by atoms with E-state index >= 15 is 0 Å². The fourth-order valence-corrected chi connectivity index (χ4v) is 2.53. The minimum absolute atomic E-state index is 0.0106. The van der Waals surface area contributed by atoms with Crippen LogP contribution in [0.2, 0.25) is 0 Å². The van der Waals surface area contributed by atoms with Crippen molar-refractivity contribution in [3.05, 3.63) is 46.8 Å². The molecule has 2 aromatic rings. The van der Waals surface area contributed by atoms with Crippen LogP contribution in [0.25, 0.3) is 0 Å². The Morgan fingerprint density at radius 1 is 1.17 bits per heavy atom. The summed E-state index contributed by atoms with van der Waals surface area (Å²) in [6.45, 7) is 9.53. The van der Waals surface area contributed by atoms with Gasteiger partial charge in [-0.2, -0.15) is 5.10 Å². The minimum atomic E-state index is -0.0710. The molecule has 0 saturated carbocycles. The predicted molar refractivity (Wildman–Crippen MR) is 90.8 cm³/mol. The fraction of sp³-hybridized carbons (Fsp3) is 0.389. The molecule has 0 fully saturated rings. The Hall–Kier alpha value is -2.43. The lowest BCUT2D eigenvalue weighted by Gasteiger charge is -2.14. The van der Waals surface area contributed by atoms with Crippen LogP contribution in [0.3, 0.4) is 0 Å². The Balaban J connectivity index is 2.01. The third-order valence-corrected chi connectivity index (χ3v) is 4.16. The molecule has 0 aliphatic rings. The molecular weight excluding hydrogens is 290 g/mol. The van der Waals surface area contributed by atoms with E-state index in [9.17, 15) is 9.59 Å². The van der Waals surface area contributed by atoms with Crippen LogP contribution in [-0.2, 0) is 4.79 Å². The molecule has 1 atom stereocenters. The molecule has 1 aromatic heterocycles. The number of carbonyl (C=O) groups is 2. The zero-order valence-electron chi connectivity index (χ0n) is 14.3. The van der Waals surface area contributed by atoms with E-state index in [1.807, 2.05) is 32.4 Å². The number of Topliss-reactive ketones (excluding diaryl/α,β-unsaturated/α-hetero) is 1. The number of hydrogen-bond donors (Lipinski definition) is 1. The summed E-state index contributed by atoms with van der Waals surface area (Å²) >= 11 is 0. The minimum Gasteiger partial charge on any atom is -0.326 e. The predicted octanol–water partition coefficient (Wildman–Crippen LogP) is 3.60. The first kappa shape index (κ1) is 16.9. The van der Waals surface area contributed by atoms with Gasteiger partial charge in [0.2, 0.25) is 5.91 Å². The van der Waals surface area contributed by atoms with Crippen LogP contribution in [0, 0.1) is 20.8 Å². The normalized spacial score (nSPS) is 12.0. The monoisotopic (exact) mass is 313 g/mol. The molecule has 5 nitrogen and oxygen atoms in total. The number of amides is 1. The fourth-order valence-electron chi connectivity index (χ4n) is 2.53. The Morgan fingerprint density at radius 3 is 2.26 bits per heavy atom. The van der Waals surface area contributed by atoms with E-state index in [1.54, 1.807) is 24.3 Å². The zero-order valence-corrected chi connectivity index (χ0v) is 14.3. The van der Waals surface area contributed by atoms with Gasteiger partial charge in [-0.05, 0) is 64.4 Å². The standard InChI is InChI=1S/C18H23N3O2/c1-11(21-14(4)12(2)13(3)20-21)10-18(23)19-17-8-6-16(7-9-17)15(5)22/h6-9,11H,10H2,1-5H3,(H,19,23). The molecule has 0 bridgehead atoms. The lowest BCUT2D eigenvalue weighted by atomic mass is 10.1. The van der Waals surface area contributed by atoms with E-state index in [-0.39, 0.29) is 17.7 Å². The van der Waals surface area contributed by atoms with Gasteiger partial charge in [0.25, 0.3) is 0 Å². The van der Waals surface area contributed by atoms with Gasteiger partial charge in [0, 0.05) is 23.4 Å². The number of aromatic nitrogens is 2. The molecule has 1 amide bonds. The number of carbonyl (C=O) groups excluding carboxylic acids is 2. The molecule has 0 radical (unpaired) electrons. The van der Waals surface area contributed by atoms with Crippen LogP contribution in [0.5, 0.6) is 0 Å². The van der Waals surface area contributed by atoms with E-state index in [0.717, 1.165) is 17.0 Å². The van der Waals surface area contributed by atoms with Crippen molar-refractivity contribution in [3.63, 3.8) is 0 Å². The van der Waals surface area contributed by atoms with Gasteiger partial charge in [-0.25, -0.2) is 0 Å². The SMILES string of the molecule is CC(=O)c1ccc(NC(=O)CC(C)n2nc(C)c(C)c2C)cc1. The Morgan fingerprint density at radius 2 is 1.78 bits per heavy atom. The van der Waals surface area contributed by atoms with Gasteiger partial charge >= 0.3 is 0 Å². The Bertz CT molecular complexity index is 729. The van der Waals surface area contributed by atoms with Crippen LogP contribution in [-0.4, -0.2) is 21.5 Å². The van der Waals surface area contributed by atoms with Crippen molar-refractivity contribution in [2.24, 2.45) is 0 Å². The molecule has 23 heavy (non-hydrogen) atoms. The molecule has 1 aromatic carbocycles. The summed E-state index contributed by atoms with van der Waals surface area (Å²) < 4.78 is 1.91. The number of rotatable bonds is 5. The maximum Gasteiger partial charge on any atom is 0.226 e. The largest absolute Gasteiger partial charge is 0.326 e. The summed E-state index contributed by atoms with van der Waals surface area (Å²) in [4.78, 5) is 23.4. The molecule has 1 N–H and O–H groups in total. The zero-order chi connectivity index (χ0) is 17.1. The average Bonchev–Trinajstić information content (AvgIpc) is 2.75. The van der Waals surface area contributed by atoms with Gasteiger partial charge in [-0.3, -0.25) is 14.3 Å². The Kier molecular flexibility index (Phi) is 4.98. The van der Waals surface area contributed by atoms with E-state index in [4.69, 9.17) is 0 Å². The summed E-state index contributed by atoms with van der Waals surface area (Å²) in [5.74, 6) is -0.0605. The molecule has 0 aliphatic carbocycles. The highest BCUT2D eigenvalue weighted by atomic mass is 16.1. The van der Waals surface area contributed by atoms with Crippen molar-refractivity contribution in [2.45, 2.75) is 47.1 Å². The van der Waals surface area contributed by atoms with Gasteiger partial charge in [-0.1, -0.05) is 0 Å². The second kappa shape index (κ2) is 6.77. The van der Waals surface area contributed by atoms with Crippen LogP contribution in [0.4, 0.5) is 5.69 Å². The van der Waals surface area contributed by atoms with Crippen molar-refractivity contribution in [1.29, 1.82) is 0 Å². The van der Waals surface area contributed by atoms with Crippen LogP contribution >= 0.6 is 0 Å². The van der Waals surface area contributed by atoms with E-state index in [1.165, 1.54) is 6.92 Å². The van der Waals surface area contributed by atoms with Crippen molar-refractivity contribution in [3.8, 4) is 0 Å². The average molecular weight is 313 g/mol. The first-order valence-electron chi connectivity index (χ1n) is 7.72. The van der Waals surface area contributed by atoms with Gasteiger partial charge in [-0.15, -0.1) is 0 Å². The summed E-state index contributed by atoms with van der Waals surface area (Å²) in [5, 5.41) is 7.36. The van der Waals surface area contributed by atoms with E-state index in [2.05, 4.69) is 10.4 Å². The molecule has 5 heteroatoms. The molecule has 0 aliphatic heterocycles. The summed E-state index contributed by atoms with van der Waals surface area (Å²) in [7, 11) is 0. The first-order valence-corrected chi connectivity index (χ1v) is 7.72. The highest BCUT2D eigenvalue weighted by molar-refractivity contribution is 5.95. The second-order valence-corrected chi connectivity index (χ2v) is 5.98. The highest BCUT2D eigenvalue weighted by Crippen LogP contribution is 2.19. The summed E-state index contributed by atoms with van der Waals surface area (Å²) in [5.41, 5.74) is 4.58. The van der Waals surface area contributed by atoms with Gasteiger partial charge < -0.3 is 5.32 Å².